The zero-order chi connectivity index (χ0) is 13.3. The number of benzene rings is 2. The number of hydrogen-bond acceptors (Lipinski definition) is 0. The van der Waals surface area contributed by atoms with Crippen LogP contribution < -0.4 is 0 Å². The topological polar surface area (TPSA) is 3.01 Å². The molecule has 18 heavy (non-hydrogen) atoms. The highest BCUT2D eigenvalue weighted by atomic mass is 19.1. The first-order chi connectivity index (χ1) is 8.49. The van der Waals surface area contributed by atoms with Crippen LogP contribution in [-0.2, 0) is 0 Å². The minimum absolute atomic E-state index is 0.284. The molecular formula is C15H14F2N+. The van der Waals surface area contributed by atoms with Crippen molar-refractivity contribution in [3.8, 4) is 11.1 Å². The summed E-state index contributed by atoms with van der Waals surface area (Å²) >= 11 is 0. The van der Waals surface area contributed by atoms with Crippen LogP contribution in [-0.4, -0.2) is 18.3 Å². The Morgan fingerprint density at radius 1 is 1.06 bits per heavy atom. The van der Waals surface area contributed by atoms with Gasteiger partial charge in [0.15, 0.2) is 5.82 Å². The molecule has 0 radical (unpaired) electrons. The van der Waals surface area contributed by atoms with E-state index in [-0.39, 0.29) is 11.6 Å². The van der Waals surface area contributed by atoms with Gasteiger partial charge in [0.05, 0.1) is 0 Å². The third-order valence-corrected chi connectivity index (χ3v) is 2.86. The monoisotopic (exact) mass is 246 g/mol. The second kappa shape index (κ2) is 4.69. The second-order valence-corrected chi connectivity index (χ2v) is 4.32. The van der Waals surface area contributed by atoms with Gasteiger partial charge in [-0.05, 0) is 41.8 Å². The average Bonchev–Trinajstić information content (AvgIpc) is 2.30. The van der Waals surface area contributed by atoms with Crippen LogP contribution >= 0.6 is 0 Å². The van der Waals surface area contributed by atoms with E-state index in [0.29, 0.717) is 5.69 Å². The molecule has 0 unspecified atom stereocenters. The molecule has 2 aromatic rings. The Kier molecular flexibility index (Phi) is 3.24. The van der Waals surface area contributed by atoms with Crippen molar-refractivity contribution < 1.29 is 13.4 Å². The molecule has 0 aromatic heterocycles. The van der Waals surface area contributed by atoms with E-state index in [2.05, 4.69) is 6.72 Å². The van der Waals surface area contributed by atoms with Gasteiger partial charge in [-0.3, -0.25) is 0 Å². The Labute approximate surface area is 105 Å². The molecule has 0 aliphatic heterocycles. The van der Waals surface area contributed by atoms with Gasteiger partial charge in [0, 0.05) is 6.07 Å². The number of rotatable bonds is 2. The predicted octanol–water partition coefficient (Wildman–Crippen LogP) is 3.91. The molecule has 1 nitrogen and oxygen atoms in total. The van der Waals surface area contributed by atoms with Crippen molar-refractivity contribution in [1.82, 2.24) is 0 Å². The third-order valence-electron chi connectivity index (χ3n) is 2.86. The molecule has 0 bridgehead atoms. The summed E-state index contributed by atoms with van der Waals surface area (Å²) in [5.74, 6) is -0.594. The Bertz CT molecular complexity index is 601. The van der Waals surface area contributed by atoms with Crippen molar-refractivity contribution in [2.75, 3.05) is 7.05 Å². The molecule has 3 heteroatoms. The third kappa shape index (κ3) is 2.30. The zero-order valence-electron chi connectivity index (χ0n) is 10.4. The Morgan fingerprint density at radius 3 is 2.22 bits per heavy atom. The van der Waals surface area contributed by atoms with Crippen molar-refractivity contribution in [2.45, 2.75) is 6.92 Å². The maximum Gasteiger partial charge on any atom is 0.241 e. The Balaban J connectivity index is 2.60. The molecule has 0 heterocycles. The predicted molar refractivity (Wildman–Crippen MR) is 69.5 cm³/mol. The van der Waals surface area contributed by atoms with Gasteiger partial charge in [-0.25, -0.2) is 8.97 Å². The van der Waals surface area contributed by atoms with Gasteiger partial charge < -0.3 is 0 Å². The minimum atomic E-state index is -0.309. The molecule has 92 valence electrons. The van der Waals surface area contributed by atoms with Crippen LogP contribution in [0.2, 0.25) is 0 Å². The Hall–Kier alpha value is -2.03. The number of aryl methyl sites for hydroxylation is 1. The van der Waals surface area contributed by atoms with E-state index in [1.54, 1.807) is 25.2 Å². The smallest absolute Gasteiger partial charge is 0.207 e. The highest BCUT2D eigenvalue weighted by Crippen LogP contribution is 2.29. The Morgan fingerprint density at radius 2 is 1.67 bits per heavy atom. The molecule has 0 N–H and O–H groups in total. The van der Waals surface area contributed by atoms with Crippen LogP contribution in [0.3, 0.4) is 0 Å². The molecule has 0 saturated heterocycles. The standard InChI is InChI=1S/C15H14F2N/c1-10-8-14(17)15(18(2)3)9-13(10)11-4-6-12(16)7-5-11/h4-9H,2H2,1,3H3/q+1. The molecule has 2 aromatic carbocycles. The molecular weight excluding hydrogens is 232 g/mol. The van der Waals surface area contributed by atoms with Gasteiger partial charge >= 0.3 is 0 Å². The summed E-state index contributed by atoms with van der Waals surface area (Å²) < 4.78 is 28.1. The first kappa shape index (κ1) is 12.4. The fraction of sp³-hybridized carbons (Fsp3) is 0.133. The van der Waals surface area contributed by atoms with Crippen LogP contribution in [0.15, 0.2) is 36.4 Å². The fourth-order valence-corrected chi connectivity index (χ4v) is 1.89. The number of hydrogen-bond donors (Lipinski definition) is 0. The number of nitrogens with zero attached hydrogens (tertiary/aromatic N) is 1. The highest BCUT2D eigenvalue weighted by molar-refractivity contribution is 5.70. The summed E-state index contributed by atoms with van der Waals surface area (Å²) in [5, 5.41) is 0. The summed E-state index contributed by atoms with van der Waals surface area (Å²) in [7, 11) is 1.68. The van der Waals surface area contributed by atoms with E-state index in [1.807, 2.05) is 6.92 Å². The fourth-order valence-electron chi connectivity index (χ4n) is 1.89. The highest BCUT2D eigenvalue weighted by Gasteiger charge is 2.14. The van der Waals surface area contributed by atoms with Gasteiger partial charge in [-0.15, -0.1) is 0 Å². The van der Waals surface area contributed by atoms with Gasteiger partial charge in [0.1, 0.15) is 19.6 Å². The lowest BCUT2D eigenvalue weighted by Gasteiger charge is -2.07. The first-order valence-corrected chi connectivity index (χ1v) is 5.59. The van der Waals surface area contributed by atoms with Crippen LogP contribution in [0.25, 0.3) is 11.1 Å². The molecule has 0 saturated carbocycles. The summed E-state index contributed by atoms with van der Waals surface area (Å²) in [5.41, 5.74) is 2.96. The van der Waals surface area contributed by atoms with Gasteiger partial charge in [0.25, 0.3) is 0 Å². The van der Waals surface area contributed by atoms with Gasteiger partial charge in [0.2, 0.25) is 5.69 Å². The summed E-state index contributed by atoms with van der Waals surface area (Å²) in [6, 6.07) is 9.35. The van der Waals surface area contributed by atoms with Crippen molar-refractivity contribution in [1.29, 1.82) is 0 Å². The normalized spacial score (nSPS) is 10.4. The molecule has 0 aliphatic carbocycles. The molecule has 0 aliphatic rings. The van der Waals surface area contributed by atoms with Gasteiger partial charge in [-0.1, -0.05) is 12.1 Å². The number of halogens is 2. The molecule has 0 amide bonds. The maximum atomic E-state index is 13.7. The molecule has 0 spiro atoms. The van der Waals surface area contributed by atoms with E-state index in [9.17, 15) is 8.78 Å². The molecule has 2 rings (SSSR count). The molecule has 0 atom stereocenters. The van der Waals surface area contributed by atoms with E-state index >= 15 is 0 Å². The summed E-state index contributed by atoms with van der Waals surface area (Å²) in [6.07, 6.45) is 0. The summed E-state index contributed by atoms with van der Waals surface area (Å²) in [4.78, 5) is 0. The largest absolute Gasteiger partial charge is 0.241 e. The quantitative estimate of drug-likeness (QED) is 0.558. The maximum absolute atomic E-state index is 13.7. The van der Waals surface area contributed by atoms with Crippen LogP contribution in [0.4, 0.5) is 14.5 Å². The average molecular weight is 246 g/mol. The summed E-state index contributed by atoms with van der Waals surface area (Å²) in [6.45, 7) is 5.51. The van der Waals surface area contributed by atoms with E-state index < -0.39 is 0 Å². The lowest BCUT2D eigenvalue weighted by Crippen LogP contribution is -1.98. The van der Waals surface area contributed by atoms with Crippen molar-refractivity contribution >= 4 is 12.4 Å². The van der Waals surface area contributed by atoms with Crippen molar-refractivity contribution in [3.63, 3.8) is 0 Å². The SMILES string of the molecule is C=[N+](C)c1cc(-c2ccc(F)cc2)c(C)cc1F. The van der Waals surface area contributed by atoms with Crippen LogP contribution in [0.1, 0.15) is 5.56 Å². The molecule has 0 fully saturated rings. The minimum Gasteiger partial charge on any atom is -0.207 e. The second-order valence-electron chi connectivity index (χ2n) is 4.32. The van der Waals surface area contributed by atoms with Crippen molar-refractivity contribution in [2.24, 2.45) is 0 Å². The van der Waals surface area contributed by atoms with Crippen molar-refractivity contribution in [3.05, 3.63) is 53.6 Å². The van der Waals surface area contributed by atoms with Gasteiger partial charge in [-0.2, -0.15) is 4.39 Å². The lowest BCUT2D eigenvalue weighted by molar-refractivity contribution is -0.397. The van der Waals surface area contributed by atoms with E-state index in [0.717, 1.165) is 16.7 Å². The van der Waals surface area contributed by atoms with E-state index in [4.69, 9.17) is 0 Å². The first-order valence-electron chi connectivity index (χ1n) is 5.59. The van der Waals surface area contributed by atoms with Crippen LogP contribution in [0, 0.1) is 18.6 Å². The van der Waals surface area contributed by atoms with Crippen LogP contribution in [0.5, 0.6) is 0 Å². The zero-order valence-corrected chi connectivity index (χ0v) is 10.4. The lowest BCUT2D eigenvalue weighted by atomic mass is 9.99. The van der Waals surface area contributed by atoms with E-state index in [1.165, 1.54) is 22.8 Å².